The molecule has 1 saturated heterocycles. The van der Waals surface area contributed by atoms with Gasteiger partial charge in [-0.3, -0.25) is 0 Å². The highest BCUT2D eigenvalue weighted by Crippen LogP contribution is 2.32. The van der Waals surface area contributed by atoms with Gasteiger partial charge in [0.2, 0.25) is 0 Å². The van der Waals surface area contributed by atoms with Gasteiger partial charge in [-0.15, -0.1) is 0 Å². The van der Waals surface area contributed by atoms with Crippen LogP contribution in [0.2, 0.25) is 0 Å². The van der Waals surface area contributed by atoms with Crippen LogP contribution in [0, 0.1) is 12.3 Å². The van der Waals surface area contributed by atoms with Gasteiger partial charge in [-0.1, -0.05) is 18.2 Å². The van der Waals surface area contributed by atoms with Gasteiger partial charge in [0, 0.05) is 0 Å². The predicted octanol–water partition coefficient (Wildman–Crippen LogP) is -0.119. The third kappa shape index (κ3) is 4.44. The van der Waals surface area contributed by atoms with E-state index >= 15 is 0 Å². The fraction of sp³-hybridized carbons (Fsp3) is 0.647. The highest BCUT2D eigenvalue weighted by Gasteiger charge is 2.45. The van der Waals surface area contributed by atoms with Crippen LogP contribution in [0.3, 0.4) is 0 Å². The molecule has 0 unspecified atom stereocenters. The van der Waals surface area contributed by atoms with Gasteiger partial charge in [0.25, 0.3) is 0 Å². The summed E-state index contributed by atoms with van der Waals surface area (Å²) in [6, 6.07) is 8.23. The molecular formula is C17H28BrNO2. The first-order valence-electron chi connectivity index (χ1n) is 7.62. The summed E-state index contributed by atoms with van der Waals surface area (Å²) in [5.74, 6) is 1.00. The van der Waals surface area contributed by atoms with Crippen molar-refractivity contribution in [2.45, 2.75) is 20.8 Å². The van der Waals surface area contributed by atoms with E-state index in [9.17, 15) is 0 Å². The molecule has 1 aliphatic rings. The molecule has 0 saturated carbocycles. The van der Waals surface area contributed by atoms with E-state index in [0.29, 0.717) is 0 Å². The number of para-hydroxylation sites is 1. The first-order valence-corrected chi connectivity index (χ1v) is 7.62. The van der Waals surface area contributed by atoms with Gasteiger partial charge in [0.1, 0.15) is 12.4 Å². The van der Waals surface area contributed by atoms with E-state index in [4.69, 9.17) is 9.47 Å². The maximum absolute atomic E-state index is 6.09. The lowest BCUT2D eigenvalue weighted by atomic mass is 9.85. The van der Waals surface area contributed by atoms with Crippen LogP contribution < -0.4 is 21.7 Å². The summed E-state index contributed by atoms with van der Waals surface area (Å²) in [5, 5.41) is 0. The van der Waals surface area contributed by atoms with Crippen LogP contribution in [0.4, 0.5) is 0 Å². The molecule has 0 atom stereocenters. The molecule has 4 heteroatoms. The van der Waals surface area contributed by atoms with Crippen molar-refractivity contribution in [1.29, 1.82) is 0 Å². The van der Waals surface area contributed by atoms with Gasteiger partial charge in [-0.25, -0.2) is 0 Å². The first kappa shape index (κ1) is 18.5. The van der Waals surface area contributed by atoms with Gasteiger partial charge >= 0.3 is 0 Å². The standard InChI is InChI=1S/C17H28NO2.BrH/c1-5-18(4,6-2)11-17(12-19-13-17)14-20-16-10-8-7-9-15(16)3;/h7-10H,5-6,11-14H2,1-4H3;1H/q+1;/p-1. The summed E-state index contributed by atoms with van der Waals surface area (Å²) >= 11 is 0. The van der Waals surface area contributed by atoms with Crippen molar-refractivity contribution in [1.82, 2.24) is 0 Å². The second-order valence-corrected chi connectivity index (χ2v) is 6.46. The lowest BCUT2D eigenvalue weighted by Gasteiger charge is -2.46. The van der Waals surface area contributed by atoms with Gasteiger partial charge in [-0.2, -0.15) is 0 Å². The molecule has 21 heavy (non-hydrogen) atoms. The van der Waals surface area contributed by atoms with Crippen LogP contribution in [-0.2, 0) is 4.74 Å². The van der Waals surface area contributed by atoms with E-state index in [-0.39, 0.29) is 22.4 Å². The SMILES string of the molecule is CC[N+](C)(CC)CC1(COc2ccccc2C)COC1.[Br-]. The van der Waals surface area contributed by atoms with Gasteiger partial charge in [0.05, 0.1) is 45.3 Å². The van der Waals surface area contributed by atoms with Crippen LogP contribution in [0.5, 0.6) is 5.75 Å². The summed E-state index contributed by atoms with van der Waals surface area (Å²) in [6.07, 6.45) is 0. The lowest BCUT2D eigenvalue weighted by molar-refractivity contribution is -0.914. The Hall–Kier alpha value is -0.580. The molecule has 1 aliphatic heterocycles. The van der Waals surface area contributed by atoms with Crippen LogP contribution in [0.1, 0.15) is 19.4 Å². The number of hydrogen-bond acceptors (Lipinski definition) is 2. The minimum Gasteiger partial charge on any atom is -1.00 e. The Labute approximate surface area is 139 Å². The Morgan fingerprint density at radius 2 is 1.81 bits per heavy atom. The molecule has 120 valence electrons. The molecule has 1 heterocycles. The summed E-state index contributed by atoms with van der Waals surface area (Å²) in [4.78, 5) is 0. The first-order chi connectivity index (χ1) is 9.52. The number of aryl methyl sites for hydroxylation is 1. The smallest absolute Gasteiger partial charge is 0.122 e. The van der Waals surface area contributed by atoms with Crippen molar-refractivity contribution in [2.24, 2.45) is 5.41 Å². The number of hydrogen-bond donors (Lipinski definition) is 0. The van der Waals surface area contributed by atoms with E-state index in [1.807, 2.05) is 12.1 Å². The van der Waals surface area contributed by atoms with E-state index < -0.39 is 0 Å². The number of quaternary nitrogens is 1. The molecule has 1 aromatic rings. The minimum atomic E-state index is 0. The summed E-state index contributed by atoms with van der Waals surface area (Å²) in [6.45, 7) is 12.5. The van der Waals surface area contributed by atoms with Crippen molar-refractivity contribution in [3.05, 3.63) is 29.8 Å². The molecule has 0 amide bonds. The molecular weight excluding hydrogens is 330 g/mol. The van der Waals surface area contributed by atoms with E-state index in [0.717, 1.165) is 49.7 Å². The number of halogens is 1. The molecule has 0 N–H and O–H groups in total. The zero-order valence-electron chi connectivity index (χ0n) is 13.7. The van der Waals surface area contributed by atoms with Crippen LogP contribution in [-0.4, -0.2) is 51.0 Å². The van der Waals surface area contributed by atoms with E-state index in [2.05, 4.69) is 40.0 Å². The Bertz CT molecular complexity index is 442. The van der Waals surface area contributed by atoms with Gasteiger partial charge in [-0.05, 0) is 32.4 Å². The summed E-state index contributed by atoms with van der Waals surface area (Å²) in [7, 11) is 2.33. The number of nitrogens with zero attached hydrogens (tertiary/aromatic N) is 1. The maximum Gasteiger partial charge on any atom is 0.122 e. The largest absolute Gasteiger partial charge is 1.00 e. The van der Waals surface area contributed by atoms with Crippen molar-refractivity contribution >= 4 is 0 Å². The molecule has 0 spiro atoms. The van der Waals surface area contributed by atoms with E-state index in [1.54, 1.807) is 0 Å². The quantitative estimate of drug-likeness (QED) is 0.633. The summed E-state index contributed by atoms with van der Waals surface area (Å²) < 4.78 is 12.7. The molecule has 0 aliphatic carbocycles. The fourth-order valence-corrected chi connectivity index (χ4v) is 2.82. The Morgan fingerprint density at radius 3 is 2.29 bits per heavy atom. The van der Waals surface area contributed by atoms with Crippen LogP contribution >= 0.6 is 0 Å². The normalized spacial score (nSPS) is 16.8. The monoisotopic (exact) mass is 357 g/mol. The zero-order valence-corrected chi connectivity index (χ0v) is 15.3. The average molecular weight is 358 g/mol. The Kier molecular flexibility index (Phi) is 6.70. The maximum atomic E-state index is 6.09. The Morgan fingerprint density at radius 1 is 1.19 bits per heavy atom. The number of ether oxygens (including phenoxy) is 2. The molecule has 1 aromatic carbocycles. The van der Waals surface area contributed by atoms with Crippen LogP contribution in [0.25, 0.3) is 0 Å². The molecule has 0 aromatic heterocycles. The number of rotatable bonds is 7. The molecule has 0 radical (unpaired) electrons. The fourth-order valence-electron chi connectivity index (χ4n) is 2.82. The minimum absolute atomic E-state index is 0. The van der Waals surface area contributed by atoms with Crippen molar-refractivity contribution in [3.63, 3.8) is 0 Å². The lowest BCUT2D eigenvalue weighted by Crippen LogP contribution is -3.00. The van der Waals surface area contributed by atoms with Gasteiger partial charge < -0.3 is 30.9 Å². The molecule has 0 bridgehead atoms. The second kappa shape index (κ2) is 7.61. The molecule has 3 nitrogen and oxygen atoms in total. The van der Waals surface area contributed by atoms with E-state index in [1.165, 1.54) is 5.56 Å². The van der Waals surface area contributed by atoms with Gasteiger partial charge in [0.15, 0.2) is 0 Å². The predicted molar refractivity (Wildman–Crippen MR) is 82.1 cm³/mol. The summed E-state index contributed by atoms with van der Waals surface area (Å²) in [5.41, 5.74) is 1.38. The third-order valence-corrected chi connectivity index (χ3v) is 4.69. The van der Waals surface area contributed by atoms with Crippen molar-refractivity contribution in [2.75, 3.05) is 46.5 Å². The van der Waals surface area contributed by atoms with Crippen molar-refractivity contribution < 1.29 is 30.9 Å². The molecule has 2 rings (SSSR count). The molecule has 1 fully saturated rings. The highest BCUT2D eigenvalue weighted by atomic mass is 79.9. The van der Waals surface area contributed by atoms with Crippen LogP contribution in [0.15, 0.2) is 24.3 Å². The topological polar surface area (TPSA) is 18.5 Å². The zero-order chi connectivity index (χ0) is 14.6. The second-order valence-electron chi connectivity index (χ2n) is 6.46. The Balaban J connectivity index is 0.00000220. The average Bonchev–Trinajstić information content (AvgIpc) is 2.43. The number of benzene rings is 1. The third-order valence-electron chi connectivity index (χ3n) is 4.69. The van der Waals surface area contributed by atoms with Crippen molar-refractivity contribution in [3.8, 4) is 5.75 Å². The highest BCUT2D eigenvalue weighted by molar-refractivity contribution is 5.31.